The van der Waals surface area contributed by atoms with Crippen molar-refractivity contribution in [2.45, 2.75) is 133 Å². The molecule has 20 nitrogen and oxygen atoms in total. The summed E-state index contributed by atoms with van der Waals surface area (Å²) in [5, 5.41) is 42.0. The van der Waals surface area contributed by atoms with E-state index in [1.165, 1.54) is 39.4 Å². The number of carbonyl (C=O) groups excluding carboxylic acids is 6. The SMILES string of the molecule is CO[C@H]1/C=C/O[C@@]2(C)Oc3c(C)c(O)c4c(c3C2=O)C2=NC3(CCN(CC(C)I)CC3)NC2=C(NC(=O)/C(C)=C\C=C\[C@H](C)[C@H](O)[C@@H](C)[C@@H](O)[C@@H](C)[C@H](OC(=O)CC(=O)N2CCC(N3CCN(C)C(=O)C3)CC2)[C@@H]1C)C4=O. The van der Waals surface area contributed by atoms with Crippen LogP contribution in [-0.4, -0.2) is 188 Å². The fraction of sp³-hybridized carbons (Fsp3) is 0.625. The average molecular weight is 1180 g/mol. The number of hydrogen-bond acceptors (Lipinski definition) is 17. The molecule has 0 radical (unpaired) electrons. The lowest BCUT2D eigenvalue weighted by Crippen LogP contribution is -2.55. The van der Waals surface area contributed by atoms with Crippen LogP contribution in [0, 0.1) is 30.6 Å². The van der Waals surface area contributed by atoms with Crippen molar-refractivity contribution in [2.24, 2.45) is 28.7 Å². The van der Waals surface area contributed by atoms with Crippen molar-refractivity contribution in [1.82, 2.24) is 30.2 Å². The van der Waals surface area contributed by atoms with E-state index in [-0.39, 0.29) is 62.6 Å². The highest BCUT2D eigenvalue weighted by molar-refractivity contribution is 14.1. The van der Waals surface area contributed by atoms with Crippen molar-refractivity contribution in [3.05, 3.63) is 69.8 Å². The Morgan fingerprint density at radius 3 is 2.26 bits per heavy atom. The van der Waals surface area contributed by atoms with Gasteiger partial charge >= 0.3 is 11.8 Å². The number of aliphatic hydroxyl groups excluding tert-OH is 2. The number of amides is 3. The molecule has 5 N–H and O–H groups in total. The molecule has 1 spiro atoms. The number of nitrogens with one attached hydrogen (secondary N) is 2. The number of likely N-dealkylation sites (tertiary alicyclic amines) is 2. The van der Waals surface area contributed by atoms with Crippen LogP contribution in [0.1, 0.15) is 112 Å². The lowest BCUT2D eigenvalue weighted by Gasteiger charge is -2.41. The van der Waals surface area contributed by atoms with Gasteiger partial charge in [-0.05, 0) is 32.8 Å². The maximum absolute atomic E-state index is 15.0. The molecule has 8 aliphatic rings. The van der Waals surface area contributed by atoms with Crippen molar-refractivity contribution in [2.75, 3.05) is 66.5 Å². The quantitative estimate of drug-likeness (QED) is 0.112. The van der Waals surface area contributed by atoms with Gasteiger partial charge in [0.1, 0.15) is 35.4 Å². The number of ether oxygens (including phenoxy) is 4. The molecule has 1 unspecified atom stereocenters. The fourth-order valence-corrected chi connectivity index (χ4v) is 12.5. The second-order valence-corrected chi connectivity index (χ2v) is 24.5. The number of phenolic OH excluding ortho intramolecular Hbond substituents is 1. The molecule has 0 aromatic heterocycles. The van der Waals surface area contributed by atoms with Gasteiger partial charge in [0, 0.05) is 130 Å². The van der Waals surface area contributed by atoms with Gasteiger partial charge < -0.3 is 59.6 Å². The number of aromatic hydroxyl groups is 1. The van der Waals surface area contributed by atoms with Crippen molar-refractivity contribution in [1.29, 1.82) is 0 Å². The summed E-state index contributed by atoms with van der Waals surface area (Å²) in [6.45, 7) is 18.3. The molecule has 3 saturated heterocycles. The molecule has 5 bridgehead atoms. The number of hydrogen-bond donors (Lipinski definition) is 5. The van der Waals surface area contributed by atoms with E-state index in [1.54, 1.807) is 63.6 Å². The Hall–Kier alpha value is -5.20. The molecule has 21 heteroatoms. The minimum atomic E-state index is -2.04. The molecule has 0 saturated carbocycles. The number of nitrogens with zero attached hydrogens (tertiary/aromatic N) is 5. The maximum atomic E-state index is 15.0. The van der Waals surface area contributed by atoms with Crippen LogP contribution in [0.25, 0.3) is 0 Å². The molecular formula is C56H76IN7O13. The van der Waals surface area contributed by atoms with Crippen LogP contribution in [0.5, 0.6) is 11.5 Å². The lowest BCUT2D eigenvalue weighted by molar-refractivity contribution is -0.165. The van der Waals surface area contributed by atoms with Gasteiger partial charge in [-0.3, -0.25) is 38.7 Å². The first-order chi connectivity index (χ1) is 36.4. The smallest absolute Gasteiger partial charge is 0.315 e. The summed E-state index contributed by atoms with van der Waals surface area (Å²) in [4.78, 5) is 97.0. The van der Waals surface area contributed by atoms with Crippen LogP contribution in [0.3, 0.4) is 0 Å². The van der Waals surface area contributed by atoms with Gasteiger partial charge in [0.15, 0.2) is 0 Å². The zero-order valence-electron chi connectivity index (χ0n) is 45.9. The number of halogens is 1. The Kier molecular flexibility index (Phi) is 17.5. The molecule has 420 valence electrons. The second kappa shape index (κ2) is 23.3. The summed E-state index contributed by atoms with van der Waals surface area (Å²) >= 11 is 2.40. The Bertz CT molecular complexity index is 2690. The van der Waals surface area contributed by atoms with Gasteiger partial charge in [-0.1, -0.05) is 75.4 Å². The fourth-order valence-electron chi connectivity index (χ4n) is 11.9. The van der Waals surface area contributed by atoms with Gasteiger partial charge in [0.05, 0.1) is 53.7 Å². The lowest BCUT2D eigenvalue weighted by atomic mass is 9.78. The molecule has 1 aromatic rings. The number of aliphatic hydroxyl groups is 2. The zero-order chi connectivity index (χ0) is 56.0. The number of alkyl halides is 1. The highest BCUT2D eigenvalue weighted by Crippen LogP contribution is 2.50. The number of carbonyl (C=O) groups is 6. The number of allylic oxidation sites excluding steroid dienone is 4. The number of piperidine rings is 2. The number of Topliss-reactive ketones (excluding diaryl/α,β-unsaturated/α-hetero) is 2. The number of benzene rings is 1. The summed E-state index contributed by atoms with van der Waals surface area (Å²) in [6, 6.07) is 0.140. The van der Waals surface area contributed by atoms with Gasteiger partial charge in [-0.2, -0.15) is 0 Å². The first-order valence-corrected chi connectivity index (χ1v) is 28.2. The first-order valence-electron chi connectivity index (χ1n) is 26.9. The van der Waals surface area contributed by atoms with Gasteiger partial charge in [-0.25, -0.2) is 0 Å². The second-order valence-electron chi connectivity index (χ2n) is 22.4. The predicted octanol–water partition coefficient (Wildman–Crippen LogP) is 3.92. The molecule has 9 rings (SSSR count). The monoisotopic (exact) mass is 1180 g/mol. The average Bonchev–Trinajstić information content (AvgIpc) is 4.17. The Balaban J connectivity index is 1.11. The van der Waals surface area contributed by atoms with E-state index in [9.17, 15) is 44.1 Å². The van der Waals surface area contributed by atoms with Crippen molar-refractivity contribution >= 4 is 63.6 Å². The molecular weight excluding hydrogens is 1110 g/mol. The normalized spacial score (nSPS) is 32.6. The predicted molar refractivity (Wildman–Crippen MR) is 293 cm³/mol. The number of phenols is 1. The molecule has 10 atom stereocenters. The van der Waals surface area contributed by atoms with Gasteiger partial charge in [0.25, 0.3) is 11.7 Å². The van der Waals surface area contributed by atoms with Crippen LogP contribution >= 0.6 is 22.6 Å². The number of aliphatic imine (C=N–C) groups is 1. The van der Waals surface area contributed by atoms with E-state index in [1.807, 2.05) is 0 Å². The number of ketones is 2. The largest absolute Gasteiger partial charge is 0.507 e. The van der Waals surface area contributed by atoms with E-state index in [2.05, 4.69) is 49.9 Å². The minimum Gasteiger partial charge on any atom is -0.507 e. The van der Waals surface area contributed by atoms with Gasteiger partial charge in [-0.15, -0.1) is 0 Å². The topological polar surface area (TPSA) is 249 Å². The summed E-state index contributed by atoms with van der Waals surface area (Å²) in [5.41, 5.74) is -0.469. The molecule has 1 aliphatic carbocycles. The van der Waals surface area contributed by atoms with Crippen LogP contribution in [0.4, 0.5) is 0 Å². The Labute approximate surface area is 464 Å². The van der Waals surface area contributed by atoms with Crippen molar-refractivity contribution < 1.29 is 63.0 Å². The summed E-state index contributed by atoms with van der Waals surface area (Å²) in [6.07, 6.45) is 5.02. The number of likely N-dealkylation sites (N-methyl/N-ethyl adjacent to an activating group) is 1. The molecule has 7 aliphatic heterocycles. The molecule has 3 fully saturated rings. The maximum Gasteiger partial charge on any atom is 0.315 e. The van der Waals surface area contributed by atoms with Crippen molar-refractivity contribution in [3.63, 3.8) is 0 Å². The molecule has 7 heterocycles. The summed E-state index contributed by atoms with van der Waals surface area (Å²) in [7, 11) is 3.23. The molecule has 77 heavy (non-hydrogen) atoms. The van der Waals surface area contributed by atoms with Gasteiger partial charge in [0.2, 0.25) is 17.6 Å². The third kappa shape index (κ3) is 11.6. The van der Waals surface area contributed by atoms with Crippen LogP contribution in [-0.2, 0) is 33.4 Å². The number of esters is 1. The first kappa shape index (κ1) is 58.0. The highest BCUT2D eigenvalue weighted by atomic mass is 127. The van der Waals surface area contributed by atoms with E-state index in [0.29, 0.717) is 68.9 Å². The Morgan fingerprint density at radius 2 is 1.61 bits per heavy atom. The zero-order valence-corrected chi connectivity index (χ0v) is 48.0. The van der Waals surface area contributed by atoms with Crippen LogP contribution < -0.4 is 15.4 Å². The number of piperazine rings is 1. The molecule has 3 amide bonds. The summed E-state index contributed by atoms with van der Waals surface area (Å²) < 4.78 is 25.1. The van der Waals surface area contributed by atoms with E-state index >= 15 is 0 Å². The third-order valence-electron chi connectivity index (χ3n) is 16.9. The Morgan fingerprint density at radius 1 is 0.922 bits per heavy atom. The standard InChI is InChI=1S/C56H76IN7O13/c1-29-12-11-13-30(2)54(73)58-46-45-44(59-56(60-45)17-21-62(22-18-56)27-31(3)57)41-42(50(46)71)49(70)35(7)52-43(41)53(72)55(8,77-52)75-25-16-37(74-10)32(4)51(34(6)48(69)33(5)47(29)68)76-40(67)26-38(65)63-19-14-36(15-20-63)64-24-23-61(9)39(66)28-64/h11-13,16,25,29,31-34,36-37,47-48,51,60,68-70H,14-15,17-24,26-28H2,1-10H3,(H,58,73)/b12-11+,25-16+,30-13-/t29-,31?,32+,33+,34+,37-,47-,48+,51+,55-/m0/s1. The van der Waals surface area contributed by atoms with Crippen molar-refractivity contribution in [3.8, 4) is 11.5 Å². The minimum absolute atomic E-state index is 0.00482. The highest BCUT2D eigenvalue weighted by Gasteiger charge is 2.55. The number of fused-ring (bicyclic) bond motifs is 13. The van der Waals surface area contributed by atoms with E-state index in [4.69, 9.17) is 23.9 Å². The number of methoxy groups -OCH3 is 1. The van der Waals surface area contributed by atoms with Crippen LogP contribution in [0.15, 0.2) is 52.5 Å². The molecule has 1 aromatic carbocycles. The van der Waals surface area contributed by atoms with Crippen LogP contribution in [0.2, 0.25) is 0 Å². The number of rotatable bonds is 7. The third-order valence-corrected chi connectivity index (χ3v) is 17.3. The summed E-state index contributed by atoms with van der Waals surface area (Å²) in [5.74, 6) is -8.62. The van der Waals surface area contributed by atoms with E-state index in [0.717, 1.165) is 13.1 Å². The van der Waals surface area contributed by atoms with E-state index < -0.39 is 101 Å².